The van der Waals surface area contributed by atoms with Crippen LogP contribution in [0.2, 0.25) is 0 Å². The zero-order valence-corrected chi connectivity index (χ0v) is 16.1. The van der Waals surface area contributed by atoms with Crippen molar-refractivity contribution in [3.8, 4) is 0 Å². The van der Waals surface area contributed by atoms with E-state index in [1.165, 1.54) is 6.07 Å². The molecule has 0 bridgehead atoms. The minimum Gasteiger partial charge on any atom is -0.306 e. The van der Waals surface area contributed by atoms with Gasteiger partial charge in [-0.25, -0.2) is 0 Å². The SMILES string of the molecule is Cc1ccc2c(c1)[C@@H]1CN(C)CC[C@H]1N2C(=O)c1ccc([N+](=O)[O-])cc1[N+](=O)[O-]. The number of nitro benzene ring substituents is 2. The number of amides is 1. The molecule has 2 heterocycles. The van der Waals surface area contributed by atoms with Crippen LogP contribution in [0.5, 0.6) is 0 Å². The lowest BCUT2D eigenvalue weighted by molar-refractivity contribution is -0.394. The average molecular weight is 396 g/mol. The summed E-state index contributed by atoms with van der Waals surface area (Å²) in [5, 5.41) is 22.5. The number of fused-ring (bicyclic) bond motifs is 3. The van der Waals surface area contributed by atoms with E-state index in [-0.39, 0.29) is 17.5 Å². The van der Waals surface area contributed by atoms with Crippen molar-refractivity contribution >= 4 is 23.0 Å². The van der Waals surface area contributed by atoms with E-state index in [4.69, 9.17) is 0 Å². The lowest BCUT2D eigenvalue weighted by Gasteiger charge is -2.36. The smallest absolute Gasteiger partial charge is 0.289 e. The molecule has 2 aliphatic heterocycles. The summed E-state index contributed by atoms with van der Waals surface area (Å²) in [4.78, 5) is 38.5. The first kappa shape index (κ1) is 19.0. The molecular formula is C20H20N4O5. The minimum atomic E-state index is -0.738. The second-order valence-electron chi connectivity index (χ2n) is 7.68. The van der Waals surface area contributed by atoms with Crippen LogP contribution in [0, 0.1) is 27.2 Å². The van der Waals surface area contributed by atoms with Gasteiger partial charge in [0.15, 0.2) is 0 Å². The molecule has 0 spiro atoms. The third kappa shape index (κ3) is 3.13. The Morgan fingerprint density at radius 1 is 1.10 bits per heavy atom. The molecule has 9 nitrogen and oxygen atoms in total. The van der Waals surface area contributed by atoms with Crippen LogP contribution in [-0.4, -0.2) is 46.8 Å². The third-order valence-electron chi connectivity index (χ3n) is 5.79. The van der Waals surface area contributed by atoms with Crippen LogP contribution in [0.4, 0.5) is 17.1 Å². The Hall–Kier alpha value is -3.33. The largest absolute Gasteiger partial charge is 0.306 e. The van der Waals surface area contributed by atoms with Crippen LogP contribution in [-0.2, 0) is 0 Å². The standard InChI is InChI=1S/C20H20N4O5/c1-12-3-6-17-15(9-12)16-11-21(2)8-7-18(16)22(17)20(25)14-5-4-13(23(26)27)10-19(14)24(28)29/h3-6,9-10,16,18H,7-8,11H2,1-2H3/t16-,18+/m0/s1. The molecule has 0 saturated carbocycles. The van der Waals surface area contributed by atoms with E-state index in [1.807, 2.05) is 26.1 Å². The summed E-state index contributed by atoms with van der Waals surface area (Å²) in [7, 11) is 2.04. The number of nitro groups is 2. The molecule has 0 unspecified atom stereocenters. The van der Waals surface area contributed by atoms with Crippen molar-refractivity contribution in [2.24, 2.45) is 0 Å². The Morgan fingerprint density at radius 2 is 1.86 bits per heavy atom. The molecule has 4 rings (SSSR count). The highest BCUT2D eigenvalue weighted by atomic mass is 16.6. The highest BCUT2D eigenvalue weighted by molar-refractivity contribution is 6.10. The Kier molecular flexibility index (Phi) is 4.54. The predicted molar refractivity (Wildman–Crippen MR) is 106 cm³/mol. The highest BCUT2D eigenvalue weighted by Crippen LogP contribution is 2.46. The number of anilines is 1. The molecule has 2 aromatic rings. The summed E-state index contributed by atoms with van der Waals surface area (Å²) in [6.07, 6.45) is 0.751. The van der Waals surface area contributed by atoms with Gasteiger partial charge in [0.05, 0.1) is 15.9 Å². The first-order valence-electron chi connectivity index (χ1n) is 9.33. The third-order valence-corrected chi connectivity index (χ3v) is 5.79. The van der Waals surface area contributed by atoms with Gasteiger partial charge >= 0.3 is 0 Å². The van der Waals surface area contributed by atoms with Gasteiger partial charge in [0, 0.05) is 30.3 Å². The number of likely N-dealkylation sites (N-methyl/N-ethyl adjacent to an activating group) is 1. The van der Waals surface area contributed by atoms with Gasteiger partial charge in [-0.1, -0.05) is 17.7 Å². The monoisotopic (exact) mass is 396 g/mol. The molecule has 0 aromatic heterocycles. The fraction of sp³-hybridized carbons (Fsp3) is 0.350. The van der Waals surface area contributed by atoms with E-state index in [2.05, 4.69) is 11.0 Å². The van der Waals surface area contributed by atoms with Gasteiger partial charge in [0.25, 0.3) is 17.3 Å². The Labute approximate surface area is 166 Å². The number of piperidine rings is 1. The summed E-state index contributed by atoms with van der Waals surface area (Å²) in [5.41, 5.74) is 1.83. The van der Waals surface area contributed by atoms with E-state index >= 15 is 0 Å². The van der Waals surface area contributed by atoms with Crippen molar-refractivity contribution in [2.45, 2.75) is 25.3 Å². The lowest BCUT2D eigenvalue weighted by Crippen LogP contribution is -2.47. The van der Waals surface area contributed by atoms with Gasteiger partial charge in [0.1, 0.15) is 5.56 Å². The van der Waals surface area contributed by atoms with E-state index in [9.17, 15) is 25.0 Å². The maximum absolute atomic E-state index is 13.5. The number of carbonyl (C=O) groups is 1. The Morgan fingerprint density at radius 3 is 2.55 bits per heavy atom. The first-order chi connectivity index (χ1) is 13.8. The van der Waals surface area contributed by atoms with Crippen molar-refractivity contribution in [2.75, 3.05) is 25.0 Å². The molecule has 150 valence electrons. The summed E-state index contributed by atoms with van der Waals surface area (Å²) < 4.78 is 0. The molecule has 9 heteroatoms. The molecule has 0 aliphatic carbocycles. The maximum Gasteiger partial charge on any atom is 0.289 e. The minimum absolute atomic E-state index is 0.0923. The van der Waals surface area contributed by atoms with Crippen LogP contribution < -0.4 is 4.90 Å². The Balaban J connectivity index is 1.81. The number of non-ortho nitro benzene ring substituents is 1. The van der Waals surface area contributed by atoms with Crippen LogP contribution in [0.3, 0.4) is 0 Å². The molecule has 0 N–H and O–H groups in total. The number of likely N-dealkylation sites (tertiary alicyclic amines) is 1. The van der Waals surface area contributed by atoms with Crippen LogP contribution in [0.15, 0.2) is 36.4 Å². The van der Waals surface area contributed by atoms with Gasteiger partial charge in [-0.15, -0.1) is 0 Å². The normalized spacial score (nSPS) is 20.8. The predicted octanol–water partition coefficient (Wildman–Crippen LogP) is 3.26. The number of hydrogen-bond acceptors (Lipinski definition) is 6. The van der Waals surface area contributed by atoms with Crippen LogP contribution in [0.25, 0.3) is 0 Å². The molecule has 1 fully saturated rings. The summed E-state index contributed by atoms with van der Waals surface area (Å²) >= 11 is 0. The number of hydrogen-bond donors (Lipinski definition) is 0. The zero-order valence-electron chi connectivity index (χ0n) is 16.1. The van der Waals surface area contributed by atoms with E-state index < -0.39 is 27.1 Å². The molecule has 2 aromatic carbocycles. The summed E-state index contributed by atoms with van der Waals surface area (Å²) in [5.74, 6) is -0.363. The molecule has 29 heavy (non-hydrogen) atoms. The lowest BCUT2D eigenvalue weighted by atomic mass is 9.88. The average Bonchev–Trinajstić information content (AvgIpc) is 2.99. The van der Waals surface area contributed by atoms with Crippen molar-refractivity contribution in [3.63, 3.8) is 0 Å². The number of carbonyl (C=O) groups excluding carboxylic acids is 1. The number of benzene rings is 2. The van der Waals surface area contributed by atoms with E-state index in [0.29, 0.717) is 0 Å². The summed E-state index contributed by atoms with van der Waals surface area (Å²) in [6, 6.07) is 8.97. The topological polar surface area (TPSA) is 110 Å². The quantitative estimate of drug-likeness (QED) is 0.582. The van der Waals surface area contributed by atoms with Crippen molar-refractivity contribution in [1.82, 2.24) is 4.90 Å². The van der Waals surface area contributed by atoms with Crippen LogP contribution in [0.1, 0.15) is 33.8 Å². The van der Waals surface area contributed by atoms with Gasteiger partial charge < -0.3 is 9.80 Å². The Bertz CT molecular complexity index is 1040. The van der Waals surface area contributed by atoms with Gasteiger partial charge in [-0.05, 0) is 44.6 Å². The first-order valence-corrected chi connectivity index (χ1v) is 9.33. The second-order valence-corrected chi connectivity index (χ2v) is 7.68. The van der Waals surface area contributed by atoms with E-state index in [0.717, 1.165) is 48.5 Å². The van der Waals surface area contributed by atoms with Crippen molar-refractivity contribution in [3.05, 3.63) is 73.3 Å². The number of nitrogens with zero attached hydrogens (tertiary/aromatic N) is 4. The van der Waals surface area contributed by atoms with Gasteiger partial charge in [-0.2, -0.15) is 0 Å². The number of aryl methyl sites for hydroxylation is 1. The molecule has 1 saturated heterocycles. The number of rotatable bonds is 3. The maximum atomic E-state index is 13.5. The fourth-order valence-corrected chi connectivity index (χ4v) is 4.44. The summed E-state index contributed by atoms with van der Waals surface area (Å²) in [6.45, 7) is 3.61. The second kappa shape index (κ2) is 6.93. The molecule has 1 amide bonds. The van der Waals surface area contributed by atoms with Gasteiger partial charge in [0.2, 0.25) is 0 Å². The highest BCUT2D eigenvalue weighted by Gasteiger charge is 2.45. The van der Waals surface area contributed by atoms with Gasteiger partial charge in [-0.3, -0.25) is 25.0 Å². The fourth-order valence-electron chi connectivity index (χ4n) is 4.44. The zero-order chi connectivity index (χ0) is 20.9. The van der Waals surface area contributed by atoms with Crippen molar-refractivity contribution < 1.29 is 14.6 Å². The molecular weight excluding hydrogens is 376 g/mol. The molecule has 2 aliphatic rings. The van der Waals surface area contributed by atoms with E-state index in [1.54, 1.807) is 4.90 Å². The van der Waals surface area contributed by atoms with Crippen LogP contribution >= 0.6 is 0 Å². The molecule has 2 atom stereocenters. The molecule has 0 radical (unpaired) electrons. The van der Waals surface area contributed by atoms with Crippen molar-refractivity contribution in [1.29, 1.82) is 0 Å².